The lowest BCUT2D eigenvalue weighted by atomic mass is 10.0. The van der Waals surface area contributed by atoms with Crippen LogP contribution in [0.25, 0.3) is 0 Å². The predicted molar refractivity (Wildman–Crippen MR) is 87.9 cm³/mol. The fraction of sp³-hybridized carbons (Fsp3) is 0.533. The van der Waals surface area contributed by atoms with E-state index in [1.54, 1.807) is 18.7 Å². The Morgan fingerprint density at radius 1 is 1.41 bits per heavy atom. The lowest BCUT2D eigenvalue weighted by Crippen LogP contribution is -2.47. The van der Waals surface area contributed by atoms with Gasteiger partial charge in [-0.2, -0.15) is 0 Å². The van der Waals surface area contributed by atoms with Gasteiger partial charge in [0.15, 0.2) is 9.84 Å². The molecular weight excluding hydrogens is 324 g/mol. The third-order valence-corrected chi connectivity index (χ3v) is 5.90. The fourth-order valence-electron chi connectivity index (χ4n) is 2.54. The second-order valence-electron chi connectivity index (χ2n) is 5.63. The number of halogens is 1. The molecule has 122 valence electrons. The highest BCUT2D eigenvalue weighted by Gasteiger charge is 2.23. The number of urea groups is 1. The number of rotatable bonds is 4. The van der Waals surface area contributed by atoms with Crippen molar-refractivity contribution in [2.75, 3.05) is 18.1 Å². The molecule has 0 aromatic heterocycles. The Hall–Kier alpha value is -1.27. The molecule has 0 fully saturated rings. The van der Waals surface area contributed by atoms with Crippen molar-refractivity contribution >= 4 is 27.5 Å². The summed E-state index contributed by atoms with van der Waals surface area (Å²) in [6, 6.07) is 5.06. The smallest absolute Gasteiger partial charge is 0.317 e. The molecule has 1 N–H and O–H groups in total. The largest absolute Gasteiger partial charge is 0.335 e. The van der Waals surface area contributed by atoms with Crippen LogP contribution in [-0.4, -0.2) is 43.4 Å². The molecule has 1 unspecified atom stereocenters. The maximum absolute atomic E-state index is 12.3. The van der Waals surface area contributed by atoms with Gasteiger partial charge in [0, 0.05) is 29.9 Å². The summed E-state index contributed by atoms with van der Waals surface area (Å²) in [6.45, 7) is 4.44. The van der Waals surface area contributed by atoms with Crippen molar-refractivity contribution in [1.82, 2.24) is 10.2 Å². The summed E-state index contributed by atoms with van der Waals surface area (Å²) in [4.78, 5) is 14.0. The lowest BCUT2D eigenvalue weighted by Gasteiger charge is -2.30. The number of benzene rings is 1. The summed E-state index contributed by atoms with van der Waals surface area (Å²) in [5, 5.41) is 3.47. The third kappa shape index (κ3) is 4.36. The van der Waals surface area contributed by atoms with E-state index in [1.165, 1.54) is 0 Å². The van der Waals surface area contributed by atoms with Crippen molar-refractivity contribution in [2.45, 2.75) is 32.9 Å². The Morgan fingerprint density at radius 2 is 2.14 bits per heavy atom. The van der Waals surface area contributed by atoms with Gasteiger partial charge >= 0.3 is 6.03 Å². The van der Waals surface area contributed by atoms with Crippen molar-refractivity contribution in [3.63, 3.8) is 0 Å². The summed E-state index contributed by atoms with van der Waals surface area (Å²) >= 11 is 5.97. The van der Waals surface area contributed by atoms with Gasteiger partial charge < -0.3 is 10.2 Å². The van der Waals surface area contributed by atoms with E-state index in [2.05, 4.69) is 5.32 Å². The van der Waals surface area contributed by atoms with Gasteiger partial charge in [-0.15, -0.1) is 0 Å². The van der Waals surface area contributed by atoms with Crippen molar-refractivity contribution in [3.8, 4) is 0 Å². The van der Waals surface area contributed by atoms with Crippen LogP contribution in [0, 0.1) is 0 Å². The van der Waals surface area contributed by atoms with Crippen molar-refractivity contribution in [2.24, 2.45) is 0 Å². The van der Waals surface area contributed by atoms with Gasteiger partial charge in [0.25, 0.3) is 0 Å². The molecule has 1 atom stereocenters. The third-order valence-electron chi connectivity index (χ3n) is 3.78. The Morgan fingerprint density at radius 3 is 2.82 bits per heavy atom. The Labute approximate surface area is 136 Å². The standard InChI is InChI=1S/C15H21ClN2O3S/c1-3-22(20,21)10-11(2)17-15(19)18-7-6-12-8-14(16)5-4-13(12)9-18/h4-5,8,11H,3,6-7,9-10H2,1-2H3,(H,17,19). The number of hydrogen-bond acceptors (Lipinski definition) is 3. The van der Waals surface area contributed by atoms with Crippen LogP contribution < -0.4 is 5.32 Å². The maximum Gasteiger partial charge on any atom is 0.317 e. The quantitative estimate of drug-likeness (QED) is 0.910. The fourth-order valence-corrected chi connectivity index (χ4v) is 3.81. The number of hydrogen-bond donors (Lipinski definition) is 1. The molecule has 2 amide bonds. The molecule has 5 nitrogen and oxygen atoms in total. The summed E-state index contributed by atoms with van der Waals surface area (Å²) in [7, 11) is -3.10. The van der Waals surface area contributed by atoms with Crippen molar-refractivity contribution in [1.29, 1.82) is 0 Å². The zero-order valence-electron chi connectivity index (χ0n) is 12.8. The molecule has 2 rings (SSSR count). The molecule has 1 heterocycles. The lowest BCUT2D eigenvalue weighted by molar-refractivity contribution is 0.190. The first-order valence-corrected chi connectivity index (χ1v) is 9.54. The highest BCUT2D eigenvalue weighted by Crippen LogP contribution is 2.22. The van der Waals surface area contributed by atoms with Crippen LogP contribution in [0.15, 0.2) is 18.2 Å². The zero-order chi connectivity index (χ0) is 16.3. The SMILES string of the molecule is CCS(=O)(=O)CC(C)NC(=O)N1CCc2cc(Cl)ccc2C1. The van der Waals surface area contributed by atoms with Crippen molar-refractivity contribution in [3.05, 3.63) is 34.3 Å². The van der Waals surface area contributed by atoms with E-state index in [0.29, 0.717) is 18.1 Å². The Balaban J connectivity index is 1.96. The van der Waals surface area contributed by atoms with Crippen LogP contribution >= 0.6 is 11.6 Å². The van der Waals surface area contributed by atoms with Crippen molar-refractivity contribution < 1.29 is 13.2 Å². The average molecular weight is 345 g/mol. The van der Waals surface area contributed by atoms with Gasteiger partial charge in [-0.25, -0.2) is 13.2 Å². The highest BCUT2D eigenvalue weighted by atomic mass is 35.5. The van der Waals surface area contributed by atoms with E-state index >= 15 is 0 Å². The van der Waals surface area contributed by atoms with Crippen LogP contribution in [-0.2, 0) is 22.8 Å². The molecule has 1 aliphatic rings. The van der Waals surface area contributed by atoms with E-state index in [9.17, 15) is 13.2 Å². The van der Waals surface area contributed by atoms with E-state index in [1.807, 2.05) is 18.2 Å². The average Bonchev–Trinajstić information content (AvgIpc) is 2.45. The number of amides is 2. The summed E-state index contributed by atoms with van der Waals surface area (Å²) in [6.07, 6.45) is 0.755. The van der Waals surface area contributed by atoms with Crippen LogP contribution in [0.5, 0.6) is 0 Å². The molecule has 0 radical (unpaired) electrons. The highest BCUT2D eigenvalue weighted by molar-refractivity contribution is 7.91. The molecule has 0 saturated heterocycles. The van der Waals surface area contributed by atoms with E-state index in [-0.39, 0.29) is 17.5 Å². The normalized spacial score (nSPS) is 16.0. The Kier molecular flexibility index (Phi) is 5.34. The molecule has 0 spiro atoms. The summed E-state index contributed by atoms with van der Waals surface area (Å²) < 4.78 is 23.2. The molecule has 7 heteroatoms. The van der Waals surface area contributed by atoms with E-state index in [4.69, 9.17) is 11.6 Å². The molecule has 0 aliphatic carbocycles. The Bertz CT molecular complexity index is 661. The molecule has 1 aromatic carbocycles. The molecule has 1 aromatic rings. The molecule has 1 aliphatic heterocycles. The van der Waals surface area contributed by atoms with Crippen LogP contribution in [0.2, 0.25) is 5.02 Å². The summed E-state index contributed by atoms with van der Waals surface area (Å²) in [5.74, 6) is 0.0559. The monoisotopic (exact) mass is 344 g/mol. The first-order valence-electron chi connectivity index (χ1n) is 7.34. The van der Waals surface area contributed by atoms with Gasteiger partial charge in [-0.1, -0.05) is 24.6 Å². The number of nitrogens with zero attached hydrogens (tertiary/aromatic N) is 1. The van der Waals surface area contributed by atoms with Gasteiger partial charge in [0.2, 0.25) is 0 Å². The van der Waals surface area contributed by atoms with Gasteiger partial charge in [0.05, 0.1) is 5.75 Å². The molecular formula is C15H21ClN2O3S. The number of carbonyl (C=O) groups is 1. The van der Waals surface area contributed by atoms with Crippen LogP contribution in [0.1, 0.15) is 25.0 Å². The first-order chi connectivity index (χ1) is 10.3. The minimum atomic E-state index is -3.10. The van der Waals surface area contributed by atoms with Crippen LogP contribution in [0.4, 0.5) is 4.79 Å². The molecule has 0 bridgehead atoms. The molecule has 0 saturated carbocycles. The maximum atomic E-state index is 12.3. The van der Waals surface area contributed by atoms with E-state index in [0.717, 1.165) is 17.5 Å². The van der Waals surface area contributed by atoms with Crippen LogP contribution in [0.3, 0.4) is 0 Å². The number of fused-ring (bicyclic) bond motifs is 1. The predicted octanol–water partition coefficient (Wildman–Crippen LogP) is 2.23. The number of sulfone groups is 1. The zero-order valence-corrected chi connectivity index (χ0v) is 14.4. The van der Waals surface area contributed by atoms with Gasteiger partial charge in [-0.3, -0.25) is 0 Å². The second-order valence-corrected chi connectivity index (χ2v) is 8.47. The summed E-state index contributed by atoms with van der Waals surface area (Å²) in [5.41, 5.74) is 2.25. The number of carbonyl (C=O) groups excluding carboxylic acids is 1. The van der Waals surface area contributed by atoms with Gasteiger partial charge in [-0.05, 0) is 36.6 Å². The number of nitrogens with one attached hydrogen (secondary N) is 1. The molecule has 22 heavy (non-hydrogen) atoms. The topological polar surface area (TPSA) is 66.5 Å². The second kappa shape index (κ2) is 6.87. The minimum Gasteiger partial charge on any atom is -0.335 e. The van der Waals surface area contributed by atoms with Gasteiger partial charge in [0.1, 0.15) is 0 Å². The van der Waals surface area contributed by atoms with E-state index < -0.39 is 15.9 Å². The first kappa shape index (κ1) is 17.1. The minimum absolute atomic E-state index is 0.0325.